The zero-order valence-electron chi connectivity index (χ0n) is 13.3. The van der Waals surface area contributed by atoms with Gasteiger partial charge in [0.25, 0.3) is 0 Å². The fourth-order valence-corrected chi connectivity index (χ4v) is 3.27. The van der Waals surface area contributed by atoms with E-state index in [0.717, 1.165) is 19.0 Å². The average Bonchev–Trinajstić information content (AvgIpc) is 2.53. The number of piperazine rings is 1. The molecule has 1 aliphatic rings. The first-order valence-corrected chi connectivity index (χ1v) is 8.30. The molecule has 20 heavy (non-hydrogen) atoms. The third-order valence-electron chi connectivity index (χ3n) is 4.85. The average molecular weight is 274 g/mol. The second kappa shape index (κ2) is 7.80. The van der Waals surface area contributed by atoms with Crippen LogP contribution < -0.4 is 5.32 Å². The molecule has 0 aromatic heterocycles. The Bertz CT molecular complexity index is 372. The van der Waals surface area contributed by atoms with Crippen LogP contribution in [0.15, 0.2) is 30.3 Å². The minimum atomic E-state index is 0.494. The summed E-state index contributed by atoms with van der Waals surface area (Å²) in [4.78, 5) is 2.73. The van der Waals surface area contributed by atoms with Gasteiger partial charge in [-0.1, -0.05) is 63.9 Å². The van der Waals surface area contributed by atoms with Gasteiger partial charge in [-0.15, -0.1) is 0 Å². The first kappa shape index (κ1) is 15.5. The lowest BCUT2D eigenvalue weighted by molar-refractivity contribution is 0.104. The van der Waals surface area contributed by atoms with Crippen LogP contribution in [-0.4, -0.2) is 30.6 Å². The molecule has 1 fully saturated rings. The smallest absolute Gasteiger partial charge is 0.0449 e. The molecular weight excluding hydrogens is 244 g/mol. The molecule has 2 rings (SSSR count). The molecule has 0 spiro atoms. The van der Waals surface area contributed by atoms with E-state index < -0.39 is 0 Å². The van der Waals surface area contributed by atoms with Crippen molar-refractivity contribution in [3.05, 3.63) is 35.9 Å². The van der Waals surface area contributed by atoms with Gasteiger partial charge in [0.15, 0.2) is 0 Å². The van der Waals surface area contributed by atoms with Gasteiger partial charge in [0.2, 0.25) is 0 Å². The van der Waals surface area contributed by atoms with E-state index in [4.69, 9.17) is 0 Å². The summed E-state index contributed by atoms with van der Waals surface area (Å²) in [5, 5.41) is 3.73. The van der Waals surface area contributed by atoms with Gasteiger partial charge in [0, 0.05) is 31.7 Å². The highest BCUT2D eigenvalue weighted by Crippen LogP contribution is 2.23. The molecule has 2 heteroatoms. The van der Waals surface area contributed by atoms with Crippen molar-refractivity contribution in [1.82, 2.24) is 10.2 Å². The predicted molar refractivity (Wildman–Crippen MR) is 86.9 cm³/mol. The summed E-state index contributed by atoms with van der Waals surface area (Å²) in [7, 11) is 0. The zero-order chi connectivity index (χ0) is 14.4. The van der Waals surface area contributed by atoms with E-state index in [2.05, 4.69) is 61.3 Å². The highest BCUT2D eigenvalue weighted by molar-refractivity contribution is 5.20. The summed E-state index contributed by atoms with van der Waals surface area (Å²) in [6.07, 6.45) is 3.84. The molecule has 2 atom stereocenters. The van der Waals surface area contributed by atoms with Crippen LogP contribution in [0.25, 0.3) is 0 Å². The molecule has 1 heterocycles. The largest absolute Gasteiger partial charge is 0.307 e. The van der Waals surface area contributed by atoms with Gasteiger partial charge >= 0.3 is 0 Å². The Morgan fingerprint density at radius 3 is 2.45 bits per heavy atom. The molecule has 1 aromatic rings. The van der Waals surface area contributed by atoms with Crippen molar-refractivity contribution >= 4 is 0 Å². The Hall–Kier alpha value is -0.860. The van der Waals surface area contributed by atoms with E-state index in [9.17, 15) is 0 Å². The van der Waals surface area contributed by atoms with Crippen LogP contribution >= 0.6 is 0 Å². The second-order valence-electron chi connectivity index (χ2n) is 6.07. The van der Waals surface area contributed by atoms with Crippen molar-refractivity contribution in [3.8, 4) is 0 Å². The lowest BCUT2D eigenvalue weighted by Gasteiger charge is -2.41. The third kappa shape index (κ3) is 3.83. The quantitative estimate of drug-likeness (QED) is 0.847. The number of benzene rings is 1. The van der Waals surface area contributed by atoms with Crippen molar-refractivity contribution in [1.29, 1.82) is 0 Å². The second-order valence-corrected chi connectivity index (χ2v) is 6.07. The Kier molecular flexibility index (Phi) is 6.06. The first-order valence-electron chi connectivity index (χ1n) is 8.30. The molecule has 112 valence electrons. The summed E-state index contributed by atoms with van der Waals surface area (Å²) in [6, 6.07) is 12.1. The summed E-state index contributed by atoms with van der Waals surface area (Å²) in [5.41, 5.74) is 1.43. The fraction of sp³-hybridized carbons (Fsp3) is 0.667. The van der Waals surface area contributed by atoms with Gasteiger partial charge in [-0.25, -0.2) is 0 Å². The molecule has 0 amide bonds. The first-order chi connectivity index (χ1) is 9.78. The van der Waals surface area contributed by atoms with Crippen molar-refractivity contribution < 1.29 is 0 Å². The number of rotatable bonds is 6. The monoisotopic (exact) mass is 274 g/mol. The van der Waals surface area contributed by atoms with Gasteiger partial charge in [0.1, 0.15) is 0 Å². The van der Waals surface area contributed by atoms with E-state index in [0.29, 0.717) is 12.1 Å². The predicted octanol–water partition coefficient (Wildman–Crippen LogP) is 3.85. The summed E-state index contributed by atoms with van der Waals surface area (Å²) in [6.45, 7) is 10.5. The number of hydrogen-bond donors (Lipinski definition) is 1. The van der Waals surface area contributed by atoms with Crippen LogP contribution in [0.5, 0.6) is 0 Å². The van der Waals surface area contributed by atoms with E-state index >= 15 is 0 Å². The topological polar surface area (TPSA) is 15.3 Å². The summed E-state index contributed by atoms with van der Waals surface area (Å²) in [5.74, 6) is 0.846. The van der Waals surface area contributed by atoms with Crippen molar-refractivity contribution in [2.24, 2.45) is 5.92 Å². The molecule has 1 aliphatic heterocycles. The van der Waals surface area contributed by atoms with Crippen LogP contribution in [0.1, 0.15) is 51.6 Å². The van der Waals surface area contributed by atoms with Gasteiger partial charge in [-0.3, -0.25) is 4.90 Å². The Morgan fingerprint density at radius 1 is 1.15 bits per heavy atom. The molecule has 0 aliphatic carbocycles. The molecule has 1 aromatic carbocycles. The maximum Gasteiger partial charge on any atom is 0.0449 e. The van der Waals surface area contributed by atoms with Crippen LogP contribution in [0, 0.1) is 5.92 Å². The summed E-state index contributed by atoms with van der Waals surface area (Å²) < 4.78 is 0. The molecule has 0 bridgehead atoms. The minimum Gasteiger partial charge on any atom is -0.307 e. The maximum absolute atomic E-state index is 3.73. The lowest BCUT2D eigenvalue weighted by atomic mass is 9.97. The van der Waals surface area contributed by atoms with Crippen molar-refractivity contribution in [3.63, 3.8) is 0 Å². The Morgan fingerprint density at radius 2 is 1.85 bits per heavy atom. The summed E-state index contributed by atoms with van der Waals surface area (Å²) >= 11 is 0. The van der Waals surface area contributed by atoms with Crippen LogP contribution in [-0.2, 0) is 0 Å². The van der Waals surface area contributed by atoms with E-state index in [-0.39, 0.29) is 0 Å². The van der Waals surface area contributed by atoms with E-state index in [1.54, 1.807) is 0 Å². The van der Waals surface area contributed by atoms with Crippen molar-refractivity contribution in [2.75, 3.05) is 19.6 Å². The highest BCUT2D eigenvalue weighted by Gasteiger charge is 2.28. The number of nitrogens with zero attached hydrogens (tertiary/aromatic N) is 1. The van der Waals surface area contributed by atoms with Crippen LogP contribution in [0.4, 0.5) is 0 Å². The van der Waals surface area contributed by atoms with Gasteiger partial charge in [0.05, 0.1) is 0 Å². The van der Waals surface area contributed by atoms with Gasteiger partial charge < -0.3 is 5.32 Å². The molecule has 1 saturated heterocycles. The number of nitrogens with one attached hydrogen (secondary N) is 1. The van der Waals surface area contributed by atoms with E-state index in [1.807, 2.05) is 0 Å². The maximum atomic E-state index is 3.73. The molecule has 2 unspecified atom stereocenters. The van der Waals surface area contributed by atoms with E-state index in [1.165, 1.54) is 31.4 Å². The third-order valence-corrected chi connectivity index (χ3v) is 4.85. The molecule has 0 radical (unpaired) electrons. The SMILES string of the molecule is CCC(CC)CN1CC(c2ccccc2)NCC1CC. The highest BCUT2D eigenvalue weighted by atomic mass is 15.2. The van der Waals surface area contributed by atoms with Gasteiger partial charge in [-0.2, -0.15) is 0 Å². The Labute approximate surface area is 124 Å². The number of hydrogen-bond acceptors (Lipinski definition) is 2. The fourth-order valence-electron chi connectivity index (χ4n) is 3.27. The molecule has 1 N–H and O–H groups in total. The molecular formula is C18H30N2. The minimum absolute atomic E-state index is 0.494. The van der Waals surface area contributed by atoms with Gasteiger partial charge in [-0.05, 0) is 17.9 Å². The zero-order valence-corrected chi connectivity index (χ0v) is 13.3. The van der Waals surface area contributed by atoms with Crippen molar-refractivity contribution in [2.45, 2.75) is 52.1 Å². The standard InChI is InChI=1S/C18H30N2/c1-4-15(5-2)13-20-14-18(19-12-17(20)6-3)16-10-8-7-9-11-16/h7-11,15,17-19H,4-6,12-14H2,1-3H3. The van der Waals surface area contributed by atoms with Crippen LogP contribution in [0.2, 0.25) is 0 Å². The molecule has 2 nitrogen and oxygen atoms in total. The van der Waals surface area contributed by atoms with Crippen LogP contribution in [0.3, 0.4) is 0 Å². The normalized spacial score (nSPS) is 24.2. The molecule has 0 saturated carbocycles. The lowest BCUT2D eigenvalue weighted by Crippen LogP contribution is -2.53. The Balaban J connectivity index is 2.03.